The Hall–Kier alpha value is -2.60. The Morgan fingerprint density at radius 1 is 1.04 bits per heavy atom. The molecule has 0 aliphatic carbocycles. The second kappa shape index (κ2) is 5.89. The van der Waals surface area contributed by atoms with Crippen molar-refractivity contribution in [2.24, 2.45) is 0 Å². The van der Waals surface area contributed by atoms with Gasteiger partial charge in [0, 0.05) is 24.1 Å². The van der Waals surface area contributed by atoms with Gasteiger partial charge in [-0.1, -0.05) is 6.07 Å². The molecule has 2 aromatic rings. The summed E-state index contributed by atoms with van der Waals surface area (Å²) in [6.07, 6.45) is -1.11. The summed E-state index contributed by atoms with van der Waals surface area (Å²) in [6.45, 7) is 0. The topological polar surface area (TPSA) is 88.4 Å². The minimum absolute atomic E-state index is 0.0151. The maximum atomic E-state index is 10.4. The van der Waals surface area contributed by atoms with Crippen LogP contribution in [0.25, 0.3) is 0 Å². The lowest BCUT2D eigenvalue weighted by Gasteiger charge is -2.32. The molecule has 1 aliphatic rings. The van der Waals surface area contributed by atoms with Gasteiger partial charge in [-0.05, 0) is 17.7 Å². The molecule has 3 rings (SSSR count). The molecule has 1 aliphatic heterocycles. The van der Waals surface area contributed by atoms with Crippen molar-refractivity contribution in [1.29, 1.82) is 0 Å². The molecule has 0 aromatic heterocycles. The minimum Gasteiger partial charge on any atom is -0.508 e. The highest BCUT2D eigenvalue weighted by Gasteiger charge is 2.32. The van der Waals surface area contributed by atoms with Crippen LogP contribution >= 0.6 is 0 Å². The highest BCUT2D eigenvalue weighted by molar-refractivity contribution is 5.52. The summed E-state index contributed by atoms with van der Waals surface area (Å²) >= 11 is 0. The zero-order valence-corrected chi connectivity index (χ0v) is 12.8. The third kappa shape index (κ3) is 2.73. The molecule has 0 unspecified atom stereocenters. The summed E-state index contributed by atoms with van der Waals surface area (Å²) in [5, 5.41) is 29.9. The molecule has 0 bridgehead atoms. The lowest BCUT2D eigenvalue weighted by molar-refractivity contribution is 0.0196. The van der Waals surface area contributed by atoms with Crippen LogP contribution in [0.1, 0.15) is 17.2 Å². The lowest BCUT2D eigenvalue weighted by atomic mass is 9.94. The molecule has 122 valence electrons. The normalized spacial score (nSPS) is 19.6. The Morgan fingerprint density at radius 2 is 1.78 bits per heavy atom. The summed E-state index contributed by atoms with van der Waals surface area (Å²) in [4.78, 5) is 0. The van der Waals surface area contributed by atoms with Crippen LogP contribution in [0.2, 0.25) is 0 Å². The van der Waals surface area contributed by atoms with E-state index in [9.17, 15) is 15.3 Å². The summed E-state index contributed by atoms with van der Waals surface area (Å²) in [5.41, 5.74) is 1.37. The van der Waals surface area contributed by atoms with Crippen molar-refractivity contribution >= 4 is 0 Å². The van der Waals surface area contributed by atoms with E-state index in [1.807, 2.05) is 0 Å². The first-order valence-electron chi connectivity index (χ1n) is 7.15. The van der Waals surface area contributed by atoms with Crippen LogP contribution in [0, 0.1) is 0 Å². The molecule has 23 heavy (non-hydrogen) atoms. The van der Waals surface area contributed by atoms with Gasteiger partial charge in [0.05, 0.1) is 20.3 Å². The van der Waals surface area contributed by atoms with Crippen LogP contribution in [0.5, 0.6) is 28.7 Å². The van der Waals surface area contributed by atoms with Gasteiger partial charge in [-0.25, -0.2) is 0 Å². The van der Waals surface area contributed by atoms with Crippen LogP contribution in [0.15, 0.2) is 30.3 Å². The monoisotopic (exact) mass is 318 g/mol. The number of rotatable bonds is 3. The summed E-state index contributed by atoms with van der Waals surface area (Å²) in [6, 6.07) is 7.75. The van der Waals surface area contributed by atoms with Crippen LogP contribution in [-0.2, 0) is 6.42 Å². The number of methoxy groups -OCH3 is 2. The lowest BCUT2D eigenvalue weighted by Crippen LogP contribution is -2.30. The summed E-state index contributed by atoms with van der Waals surface area (Å²) < 4.78 is 16.2. The average molecular weight is 318 g/mol. The van der Waals surface area contributed by atoms with Gasteiger partial charge in [0.2, 0.25) is 0 Å². The van der Waals surface area contributed by atoms with E-state index < -0.39 is 12.2 Å². The first kappa shape index (κ1) is 15.3. The van der Waals surface area contributed by atoms with Gasteiger partial charge in [0.15, 0.2) is 11.5 Å². The Morgan fingerprint density at radius 3 is 2.48 bits per heavy atom. The summed E-state index contributed by atoms with van der Waals surface area (Å²) in [5.74, 6) is 1.28. The number of hydrogen-bond acceptors (Lipinski definition) is 6. The molecule has 2 atom stereocenters. The van der Waals surface area contributed by atoms with Crippen LogP contribution in [0.4, 0.5) is 0 Å². The minimum atomic E-state index is -0.796. The van der Waals surface area contributed by atoms with Crippen molar-refractivity contribution in [3.63, 3.8) is 0 Å². The maximum absolute atomic E-state index is 10.4. The van der Waals surface area contributed by atoms with Crippen molar-refractivity contribution in [3.05, 3.63) is 41.5 Å². The van der Waals surface area contributed by atoms with Gasteiger partial charge in [-0.15, -0.1) is 0 Å². The molecule has 0 radical (unpaired) electrons. The van der Waals surface area contributed by atoms with Gasteiger partial charge >= 0.3 is 0 Å². The SMILES string of the molecule is COc1cc([C@H]2Oc3cc(O)cc(OC)c3C[C@H]2O)ccc1O. The molecule has 0 spiro atoms. The second-order valence-electron chi connectivity index (χ2n) is 5.37. The number of aromatic hydroxyl groups is 2. The Balaban J connectivity index is 1.99. The zero-order chi connectivity index (χ0) is 16.6. The van der Waals surface area contributed by atoms with E-state index in [-0.39, 0.29) is 11.5 Å². The molecule has 2 aromatic carbocycles. The zero-order valence-electron chi connectivity index (χ0n) is 12.8. The van der Waals surface area contributed by atoms with E-state index in [1.165, 1.54) is 32.4 Å². The Bertz CT molecular complexity index is 727. The van der Waals surface area contributed by atoms with Crippen molar-refractivity contribution < 1.29 is 29.5 Å². The molecule has 0 amide bonds. The Labute approximate surface area is 133 Å². The number of phenolic OH excluding ortho intramolecular Hbond substituents is 2. The third-order valence-corrected chi connectivity index (χ3v) is 3.92. The Kier molecular flexibility index (Phi) is 3.92. The second-order valence-corrected chi connectivity index (χ2v) is 5.37. The van der Waals surface area contributed by atoms with Gasteiger partial charge < -0.3 is 29.5 Å². The number of aliphatic hydroxyl groups excluding tert-OH is 1. The number of phenols is 2. The maximum Gasteiger partial charge on any atom is 0.160 e. The largest absolute Gasteiger partial charge is 0.508 e. The van der Waals surface area contributed by atoms with E-state index in [2.05, 4.69) is 0 Å². The van der Waals surface area contributed by atoms with E-state index >= 15 is 0 Å². The average Bonchev–Trinajstić information content (AvgIpc) is 2.54. The van der Waals surface area contributed by atoms with Gasteiger partial charge in [-0.2, -0.15) is 0 Å². The van der Waals surface area contributed by atoms with E-state index in [0.29, 0.717) is 34.8 Å². The fourth-order valence-electron chi connectivity index (χ4n) is 2.79. The standard InChI is InChI=1S/C17H18O6/c1-21-14-6-10(18)7-15-11(14)8-13(20)17(23-15)9-3-4-12(19)16(5-9)22-2/h3-7,13,17-20H,8H2,1-2H3/t13-,17-/m1/s1. The smallest absolute Gasteiger partial charge is 0.160 e. The fourth-order valence-corrected chi connectivity index (χ4v) is 2.79. The molecule has 6 nitrogen and oxygen atoms in total. The number of fused-ring (bicyclic) bond motifs is 1. The first-order chi connectivity index (χ1) is 11.0. The molecule has 0 fully saturated rings. The highest BCUT2D eigenvalue weighted by atomic mass is 16.5. The first-order valence-corrected chi connectivity index (χ1v) is 7.15. The molecule has 1 heterocycles. The molecule has 0 saturated carbocycles. The van der Waals surface area contributed by atoms with Crippen molar-refractivity contribution in [2.45, 2.75) is 18.6 Å². The molecular weight excluding hydrogens is 300 g/mol. The quantitative estimate of drug-likeness (QED) is 0.804. The predicted molar refractivity (Wildman–Crippen MR) is 82.4 cm³/mol. The van der Waals surface area contributed by atoms with Gasteiger partial charge in [0.25, 0.3) is 0 Å². The van der Waals surface area contributed by atoms with Crippen LogP contribution in [-0.4, -0.2) is 35.6 Å². The van der Waals surface area contributed by atoms with Gasteiger partial charge in [0.1, 0.15) is 23.4 Å². The van der Waals surface area contributed by atoms with Crippen LogP contribution in [0.3, 0.4) is 0 Å². The van der Waals surface area contributed by atoms with Crippen molar-refractivity contribution in [3.8, 4) is 28.7 Å². The van der Waals surface area contributed by atoms with Crippen molar-refractivity contribution in [2.75, 3.05) is 14.2 Å². The molecular formula is C17H18O6. The van der Waals surface area contributed by atoms with E-state index in [0.717, 1.165) is 0 Å². The number of ether oxygens (including phenoxy) is 3. The molecule has 6 heteroatoms. The number of aliphatic hydroxyl groups is 1. The number of benzene rings is 2. The fraction of sp³-hybridized carbons (Fsp3) is 0.294. The highest BCUT2D eigenvalue weighted by Crippen LogP contribution is 2.43. The molecule has 3 N–H and O–H groups in total. The predicted octanol–water partition coefficient (Wildman–Crippen LogP) is 2.15. The number of hydrogen-bond donors (Lipinski definition) is 3. The van der Waals surface area contributed by atoms with Gasteiger partial charge in [-0.3, -0.25) is 0 Å². The van der Waals surface area contributed by atoms with E-state index in [4.69, 9.17) is 14.2 Å². The summed E-state index contributed by atoms with van der Waals surface area (Å²) in [7, 11) is 2.95. The van der Waals surface area contributed by atoms with Crippen molar-refractivity contribution in [1.82, 2.24) is 0 Å². The third-order valence-electron chi connectivity index (χ3n) is 3.92. The molecule has 0 saturated heterocycles. The van der Waals surface area contributed by atoms with Crippen LogP contribution < -0.4 is 14.2 Å². The van der Waals surface area contributed by atoms with E-state index in [1.54, 1.807) is 12.1 Å².